The maximum atomic E-state index is 11.8. The average molecular weight is 268 g/mol. The van der Waals surface area contributed by atoms with E-state index in [9.17, 15) is 4.79 Å². The highest BCUT2D eigenvalue weighted by Crippen LogP contribution is 2.19. The van der Waals surface area contributed by atoms with Crippen LogP contribution in [0.15, 0.2) is 24.3 Å². The van der Waals surface area contributed by atoms with E-state index in [-0.39, 0.29) is 18.1 Å². The highest BCUT2D eigenvalue weighted by Gasteiger charge is 2.27. The van der Waals surface area contributed by atoms with Gasteiger partial charge in [-0.2, -0.15) is 0 Å². The van der Waals surface area contributed by atoms with Crippen LogP contribution in [-0.4, -0.2) is 18.1 Å². The predicted octanol–water partition coefficient (Wildman–Crippen LogP) is 2.61. The number of alkyl halides is 1. The van der Waals surface area contributed by atoms with Gasteiger partial charge in [0.05, 0.1) is 6.10 Å². The van der Waals surface area contributed by atoms with Crippen LogP contribution in [0.1, 0.15) is 30.9 Å². The van der Waals surface area contributed by atoms with Crippen LogP contribution in [0.3, 0.4) is 0 Å². The van der Waals surface area contributed by atoms with Crippen LogP contribution in [0.4, 0.5) is 0 Å². The summed E-state index contributed by atoms with van der Waals surface area (Å²) in [4.78, 5) is 11.8. The van der Waals surface area contributed by atoms with Crippen molar-refractivity contribution in [3.63, 3.8) is 0 Å². The van der Waals surface area contributed by atoms with Gasteiger partial charge >= 0.3 is 0 Å². The van der Waals surface area contributed by atoms with Crippen LogP contribution in [0.25, 0.3) is 0 Å². The molecule has 0 bridgehead atoms. The van der Waals surface area contributed by atoms with Gasteiger partial charge in [-0.15, -0.1) is 11.6 Å². The quantitative estimate of drug-likeness (QED) is 0.852. The lowest BCUT2D eigenvalue weighted by molar-refractivity contribution is -0.131. The van der Waals surface area contributed by atoms with Gasteiger partial charge in [0.2, 0.25) is 5.91 Å². The molecule has 1 fully saturated rings. The zero-order chi connectivity index (χ0) is 13.0. The maximum absolute atomic E-state index is 11.8. The standard InChI is InChI=1S/C14H18ClNO2/c1-10-2-7-13(18-10)14(17)16-9-12-5-3-11(8-15)4-6-12/h3-6,10,13H,2,7-9H2,1H3,(H,16,17). The predicted molar refractivity (Wildman–Crippen MR) is 71.4 cm³/mol. The zero-order valence-electron chi connectivity index (χ0n) is 10.5. The topological polar surface area (TPSA) is 38.3 Å². The Morgan fingerprint density at radius 3 is 2.56 bits per heavy atom. The molecule has 0 aliphatic carbocycles. The summed E-state index contributed by atoms with van der Waals surface area (Å²) in [6.45, 7) is 2.54. The van der Waals surface area contributed by atoms with E-state index in [2.05, 4.69) is 5.32 Å². The van der Waals surface area contributed by atoms with Crippen molar-refractivity contribution in [2.24, 2.45) is 0 Å². The van der Waals surface area contributed by atoms with E-state index in [1.54, 1.807) is 0 Å². The molecule has 1 aliphatic heterocycles. The van der Waals surface area contributed by atoms with Crippen molar-refractivity contribution in [2.75, 3.05) is 0 Å². The first-order chi connectivity index (χ1) is 8.69. The fourth-order valence-corrected chi connectivity index (χ4v) is 2.22. The van der Waals surface area contributed by atoms with E-state index in [4.69, 9.17) is 16.3 Å². The molecule has 4 heteroatoms. The Hall–Kier alpha value is -1.06. The summed E-state index contributed by atoms with van der Waals surface area (Å²) in [6, 6.07) is 7.91. The summed E-state index contributed by atoms with van der Waals surface area (Å²) in [5.74, 6) is 0.501. The molecule has 18 heavy (non-hydrogen) atoms. The minimum atomic E-state index is -0.276. The van der Waals surface area contributed by atoms with Gasteiger partial charge in [0.15, 0.2) is 0 Å². The van der Waals surface area contributed by atoms with Gasteiger partial charge in [0.1, 0.15) is 6.10 Å². The van der Waals surface area contributed by atoms with Gasteiger partial charge in [-0.05, 0) is 30.9 Å². The summed E-state index contributed by atoms with van der Waals surface area (Å²) < 4.78 is 5.52. The average Bonchev–Trinajstić information content (AvgIpc) is 2.83. The largest absolute Gasteiger partial charge is 0.365 e. The van der Waals surface area contributed by atoms with E-state index in [0.29, 0.717) is 12.4 Å². The zero-order valence-corrected chi connectivity index (χ0v) is 11.2. The summed E-state index contributed by atoms with van der Waals surface area (Å²) in [7, 11) is 0. The maximum Gasteiger partial charge on any atom is 0.249 e. The molecular weight excluding hydrogens is 250 g/mol. The van der Waals surface area contributed by atoms with Gasteiger partial charge in [0, 0.05) is 12.4 Å². The van der Waals surface area contributed by atoms with Gasteiger partial charge in [0.25, 0.3) is 0 Å². The van der Waals surface area contributed by atoms with Gasteiger partial charge < -0.3 is 10.1 Å². The fraction of sp³-hybridized carbons (Fsp3) is 0.500. The number of carbonyl (C=O) groups is 1. The van der Waals surface area contributed by atoms with Crippen LogP contribution < -0.4 is 5.32 Å². The first-order valence-corrected chi connectivity index (χ1v) is 6.79. The first-order valence-electron chi connectivity index (χ1n) is 6.26. The Kier molecular flexibility index (Phi) is 4.61. The smallest absolute Gasteiger partial charge is 0.249 e. The number of halogens is 1. The number of amides is 1. The Labute approximate surface area is 112 Å². The van der Waals surface area contributed by atoms with Crippen molar-refractivity contribution >= 4 is 17.5 Å². The molecule has 1 heterocycles. The van der Waals surface area contributed by atoms with E-state index in [1.165, 1.54) is 0 Å². The van der Waals surface area contributed by atoms with Crippen LogP contribution >= 0.6 is 11.6 Å². The molecule has 0 radical (unpaired) electrons. The molecule has 1 aliphatic rings. The van der Waals surface area contributed by atoms with Crippen molar-refractivity contribution in [2.45, 2.75) is 44.4 Å². The molecule has 0 saturated carbocycles. The number of ether oxygens (including phenoxy) is 1. The van der Waals surface area contributed by atoms with E-state index in [0.717, 1.165) is 24.0 Å². The first kappa shape index (κ1) is 13.4. The molecule has 0 spiro atoms. The summed E-state index contributed by atoms with van der Waals surface area (Å²) >= 11 is 5.72. The Bertz CT molecular complexity index is 405. The van der Waals surface area contributed by atoms with Gasteiger partial charge in [-0.25, -0.2) is 0 Å². The third-order valence-electron chi connectivity index (χ3n) is 3.17. The molecular formula is C14H18ClNO2. The highest BCUT2D eigenvalue weighted by molar-refractivity contribution is 6.17. The molecule has 2 unspecified atom stereocenters. The number of carbonyl (C=O) groups excluding carboxylic acids is 1. The minimum absolute atomic E-state index is 0.0132. The SMILES string of the molecule is CC1CCC(C(=O)NCc2ccc(CCl)cc2)O1. The van der Waals surface area contributed by atoms with Crippen molar-refractivity contribution in [3.8, 4) is 0 Å². The van der Waals surface area contributed by atoms with E-state index in [1.807, 2.05) is 31.2 Å². The minimum Gasteiger partial charge on any atom is -0.365 e. The number of benzene rings is 1. The van der Waals surface area contributed by atoms with Crippen LogP contribution in [0.2, 0.25) is 0 Å². The summed E-state index contributed by atoms with van der Waals surface area (Å²) in [5, 5.41) is 2.90. The van der Waals surface area contributed by atoms with E-state index >= 15 is 0 Å². The van der Waals surface area contributed by atoms with Crippen LogP contribution in [-0.2, 0) is 22.0 Å². The normalized spacial score (nSPS) is 23.0. The second-order valence-corrected chi connectivity index (χ2v) is 4.95. The fourth-order valence-electron chi connectivity index (χ4n) is 2.04. The Balaban J connectivity index is 1.81. The molecule has 2 rings (SSSR count). The third kappa shape index (κ3) is 3.47. The van der Waals surface area contributed by atoms with Crippen molar-refractivity contribution in [1.82, 2.24) is 5.32 Å². The molecule has 1 aromatic rings. The number of nitrogens with one attached hydrogen (secondary N) is 1. The molecule has 98 valence electrons. The van der Waals surface area contributed by atoms with Crippen molar-refractivity contribution < 1.29 is 9.53 Å². The van der Waals surface area contributed by atoms with Crippen LogP contribution in [0.5, 0.6) is 0 Å². The van der Waals surface area contributed by atoms with Crippen LogP contribution in [0, 0.1) is 0 Å². The van der Waals surface area contributed by atoms with Crippen molar-refractivity contribution in [1.29, 1.82) is 0 Å². The lowest BCUT2D eigenvalue weighted by Gasteiger charge is -2.11. The molecule has 3 nitrogen and oxygen atoms in total. The lowest BCUT2D eigenvalue weighted by atomic mass is 10.1. The molecule has 1 saturated heterocycles. The number of hydrogen-bond acceptors (Lipinski definition) is 2. The second-order valence-electron chi connectivity index (χ2n) is 4.68. The lowest BCUT2D eigenvalue weighted by Crippen LogP contribution is -2.34. The summed E-state index contributed by atoms with van der Waals surface area (Å²) in [6.07, 6.45) is 1.70. The number of hydrogen-bond donors (Lipinski definition) is 1. The second kappa shape index (κ2) is 6.21. The molecule has 1 aromatic carbocycles. The molecule has 2 atom stereocenters. The molecule has 1 N–H and O–H groups in total. The summed E-state index contributed by atoms with van der Waals surface area (Å²) in [5.41, 5.74) is 2.16. The Morgan fingerprint density at radius 2 is 2.00 bits per heavy atom. The van der Waals surface area contributed by atoms with Crippen molar-refractivity contribution in [3.05, 3.63) is 35.4 Å². The Morgan fingerprint density at radius 1 is 1.33 bits per heavy atom. The van der Waals surface area contributed by atoms with E-state index < -0.39 is 0 Å². The third-order valence-corrected chi connectivity index (χ3v) is 3.48. The molecule has 1 amide bonds. The monoisotopic (exact) mass is 267 g/mol. The molecule has 0 aromatic heterocycles. The van der Waals surface area contributed by atoms with Gasteiger partial charge in [-0.3, -0.25) is 4.79 Å². The van der Waals surface area contributed by atoms with Gasteiger partial charge in [-0.1, -0.05) is 24.3 Å². The highest BCUT2D eigenvalue weighted by atomic mass is 35.5. The number of rotatable bonds is 4.